The van der Waals surface area contributed by atoms with Crippen LogP contribution in [0.4, 0.5) is 0 Å². The van der Waals surface area contributed by atoms with Gasteiger partial charge in [0.2, 0.25) is 0 Å². The average molecular weight is 208 g/mol. The summed E-state index contributed by atoms with van der Waals surface area (Å²) in [6.07, 6.45) is 2.51. The second-order valence-corrected chi connectivity index (χ2v) is 4.97. The van der Waals surface area contributed by atoms with Crippen molar-refractivity contribution in [1.82, 2.24) is 0 Å². The Hall–Kier alpha value is -0.430. The van der Waals surface area contributed by atoms with E-state index in [-0.39, 0.29) is 0 Å². The Morgan fingerprint density at radius 3 is 2.57 bits per heavy atom. The number of benzene rings is 1. The molecule has 0 amide bonds. The van der Waals surface area contributed by atoms with Crippen LogP contribution in [0.25, 0.3) is 0 Å². The van der Waals surface area contributed by atoms with Crippen molar-refractivity contribution in [1.29, 1.82) is 0 Å². The zero-order valence-corrected chi connectivity index (χ0v) is 10.0. The van der Waals surface area contributed by atoms with Crippen LogP contribution in [0.3, 0.4) is 0 Å². The van der Waals surface area contributed by atoms with E-state index in [1.807, 2.05) is 0 Å². The minimum absolute atomic E-state index is 0.871. The molecule has 0 N–H and O–H groups in total. The molecular weight excluding hydrogens is 188 g/mol. The van der Waals surface area contributed by atoms with Crippen LogP contribution in [0.1, 0.15) is 25.8 Å². The molecule has 0 aliphatic carbocycles. The van der Waals surface area contributed by atoms with E-state index in [2.05, 4.69) is 55.9 Å². The van der Waals surface area contributed by atoms with Gasteiger partial charge in [0.15, 0.2) is 0 Å². The predicted octanol–water partition coefficient (Wildman–Crippen LogP) is 4.01. The lowest BCUT2D eigenvalue weighted by Gasteiger charge is -2.07. The molecule has 1 unspecified atom stereocenters. The molecule has 0 nitrogen and oxygen atoms in total. The molecule has 0 aromatic heterocycles. The maximum Gasteiger partial charge on any atom is -0.00269 e. The van der Waals surface area contributed by atoms with Crippen LogP contribution in [0.15, 0.2) is 30.3 Å². The van der Waals surface area contributed by atoms with Gasteiger partial charge in [0, 0.05) is 0 Å². The zero-order valence-electron chi connectivity index (χ0n) is 9.20. The highest BCUT2D eigenvalue weighted by Crippen LogP contribution is 2.13. The molecule has 1 aromatic carbocycles. The molecule has 1 heteroatoms. The summed E-state index contributed by atoms with van der Waals surface area (Å²) in [4.78, 5) is 0. The fourth-order valence-corrected chi connectivity index (χ4v) is 2.42. The van der Waals surface area contributed by atoms with Gasteiger partial charge in [-0.3, -0.25) is 0 Å². The minimum atomic E-state index is 0.871. The maximum atomic E-state index is 2.33. The Labute approximate surface area is 92.1 Å². The van der Waals surface area contributed by atoms with E-state index in [0.29, 0.717) is 0 Å². The zero-order chi connectivity index (χ0) is 10.2. The molecule has 0 heterocycles. The van der Waals surface area contributed by atoms with Crippen molar-refractivity contribution in [3.63, 3.8) is 0 Å². The van der Waals surface area contributed by atoms with Crippen LogP contribution >= 0.6 is 11.8 Å². The Bertz CT molecular complexity index is 230. The highest BCUT2D eigenvalue weighted by molar-refractivity contribution is 7.99. The normalized spacial score (nSPS) is 12.7. The van der Waals surface area contributed by atoms with E-state index >= 15 is 0 Å². The van der Waals surface area contributed by atoms with Crippen molar-refractivity contribution in [3.8, 4) is 0 Å². The van der Waals surface area contributed by atoms with Gasteiger partial charge in [-0.2, -0.15) is 11.8 Å². The van der Waals surface area contributed by atoms with E-state index < -0.39 is 0 Å². The molecule has 0 aliphatic rings. The Morgan fingerprint density at radius 1 is 1.21 bits per heavy atom. The van der Waals surface area contributed by atoms with Gasteiger partial charge in [0.05, 0.1) is 0 Å². The summed E-state index contributed by atoms with van der Waals surface area (Å²) < 4.78 is 0. The van der Waals surface area contributed by atoms with E-state index in [9.17, 15) is 0 Å². The summed E-state index contributed by atoms with van der Waals surface area (Å²) in [7, 11) is 0. The largest absolute Gasteiger partial charge is 0.161 e. The van der Waals surface area contributed by atoms with Gasteiger partial charge in [-0.25, -0.2) is 0 Å². The summed E-state index contributed by atoms with van der Waals surface area (Å²) in [6, 6.07) is 10.7. The Kier molecular flexibility index (Phi) is 5.77. The van der Waals surface area contributed by atoms with Crippen molar-refractivity contribution in [3.05, 3.63) is 35.9 Å². The molecule has 0 saturated heterocycles. The van der Waals surface area contributed by atoms with E-state index in [1.165, 1.54) is 29.9 Å². The summed E-state index contributed by atoms with van der Waals surface area (Å²) in [6.45, 7) is 4.60. The fourth-order valence-electron chi connectivity index (χ4n) is 1.24. The third-order valence-electron chi connectivity index (χ3n) is 2.48. The lowest BCUT2D eigenvalue weighted by atomic mass is 10.2. The second kappa shape index (κ2) is 6.94. The smallest absolute Gasteiger partial charge is 0.00269 e. The molecule has 0 fully saturated rings. The first-order chi connectivity index (χ1) is 6.83. The molecule has 78 valence electrons. The number of thioether (sulfide) groups is 1. The highest BCUT2D eigenvalue weighted by Gasteiger charge is 1.98. The van der Waals surface area contributed by atoms with Gasteiger partial charge in [-0.05, 0) is 29.4 Å². The lowest BCUT2D eigenvalue weighted by molar-refractivity contribution is 0.637. The van der Waals surface area contributed by atoms with Crippen LogP contribution in [-0.2, 0) is 6.42 Å². The van der Waals surface area contributed by atoms with Crippen LogP contribution in [0.5, 0.6) is 0 Å². The van der Waals surface area contributed by atoms with Crippen LogP contribution in [-0.4, -0.2) is 11.5 Å². The van der Waals surface area contributed by atoms with Gasteiger partial charge in [-0.1, -0.05) is 50.6 Å². The maximum absolute atomic E-state index is 2.33. The standard InChI is InChI=1S/C13H20S/c1-3-12(2)11-14-10-9-13-7-5-4-6-8-13/h4-8,12H,3,9-11H2,1-2H3. The molecule has 1 atom stereocenters. The summed E-state index contributed by atoms with van der Waals surface area (Å²) in [5, 5.41) is 0. The van der Waals surface area contributed by atoms with Crippen molar-refractivity contribution >= 4 is 11.8 Å². The number of aryl methyl sites for hydroxylation is 1. The second-order valence-electron chi connectivity index (χ2n) is 3.82. The van der Waals surface area contributed by atoms with Gasteiger partial charge in [0.25, 0.3) is 0 Å². The Morgan fingerprint density at radius 2 is 1.93 bits per heavy atom. The topological polar surface area (TPSA) is 0 Å². The molecule has 0 spiro atoms. The van der Waals surface area contributed by atoms with Crippen molar-refractivity contribution in [2.24, 2.45) is 5.92 Å². The summed E-state index contributed by atoms with van der Waals surface area (Å²) >= 11 is 2.08. The van der Waals surface area contributed by atoms with Gasteiger partial charge in [-0.15, -0.1) is 0 Å². The third kappa shape index (κ3) is 4.71. The van der Waals surface area contributed by atoms with Gasteiger partial charge >= 0.3 is 0 Å². The number of rotatable bonds is 6. The van der Waals surface area contributed by atoms with Crippen molar-refractivity contribution in [2.45, 2.75) is 26.7 Å². The van der Waals surface area contributed by atoms with Crippen LogP contribution in [0.2, 0.25) is 0 Å². The molecule has 1 aromatic rings. The molecule has 0 saturated carbocycles. The average Bonchev–Trinajstić information content (AvgIpc) is 2.25. The molecule has 1 rings (SSSR count). The number of hydrogen-bond donors (Lipinski definition) is 0. The lowest BCUT2D eigenvalue weighted by Crippen LogP contribution is -1.97. The SMILES string of the molecule is CCC(C)CSCCc1ccccc1. The first-order valence-corrected chi connectivity index (χ1v) is 6.60. The Balaban J connectivity index is 2.10. The number of hydrogen-bond acceptors (Lipinski definition) is 1. The quantitative estimate of drug-likeness (QED) is 0.637. The molecule has 0 bridgehead atoms. The molecular formula is C13H20S. The van der Waals surface area contributed by atoms with Crippen LogP contribution < -0.4 is 0 Å². The third-order valence-corrected chi connectivity index (χ3v) is 3.77. The molecule has 0 radical (unpaired) electrons. The van der Waals surface area contributed by atoms with Crippen molar-refractivity contribution in [2.75, 3.05) is 11.5 Å². The van der Waals surface area contributed by atoms with Gasteiger partial charge < -0.3 is 0 Å². The summed E-state index contributed by atoms with van der Waals surface area (Å²) in [5.41, 5.74) is 1.46. The van der Waals surface area contributed by atoms with E-state index in [0.717, 1.165) is 5.92 Å². The fraction of sp³-hybridized carbons (Fsp3) is 0.538. The van der Waals surface area contributed by atoms with Crippen LogP contribution in [0, 0.1) is 5.92 Å². The first kappa shape index (κ1) is 11.6. The van der Waals surface area contributed by atoms with E-state index in [4.69, 9.17) is 0 Å². The molecule has 14 heavy (non-hydrogen) atoms. The minimum Gasteiger partial charge on any atom is -0.161 e. The molecule has 0 aliphatic heterocycles. The predicted molar refractivity (Wildman–Crippen MR) is 66.9 cm³/mol. The monoisotopic (exact) mass is 208 g/mol. The van der Waals surface area contributed by atoms with E-state index in [1.54, 1.807) is 0 Å². The summed E-state index contributed by atoms with van der Waals surface area (Å²) in [5.74, 6) is 3.44. The van der Waals surface area contributed by atoms with Crippen molar-refractivity contribution < 1.29 is 0 Å². The first-order valence-electron chi connectivity index (χ1n) is 5.44. The van der Waals surface area contributed by atoms with Gasteiger partial charge in [0.1, 0.15) is 0 Å². The highest BCUT2D eigenvalue weighted by atomic mass is 32.2.